The highest BCUT2D eigenvalue weighted by Gasteiger charge is 2.09. The lowest BCUT2D eigenvalue weighted by Crippen LogP contribution is -2.14. The van der Waals surface area contributed by atoms with Crippen LogP contribution in [0.2, 0.25) is 0 Å². The van der Waals surface area contributed by atoms with Crippen molar-refractivity contribution in [1.29, 1.82) is 0 Å². The first kappa shape index (κ1) is 16.7. The molecule has 22 heavy (non-hydrogen) atoms. The Bertz CT molecular complexity index is 623. The van der Waals surface area contributed by atoms with Crippen LogP contribution < -0.4 is 5.32 Å². The second kappa shape index (κ2) is 8.09. The van der Waals surface area contributed by atoms with Gasteiger partial charge in [-0.3, -0.25) is 0 Å². The second-order valence-corrected chi connectivity index (χ2v) is 6.34. The van der Waals surface area contributed by atoms with E-state index in [1.165, 1.54) is 21.6 Å². The Morgan fingerprint density at radius 1 is 1.27 bits per heavy atom. The van der Waals surface area contributed by atoms with E-state index in [0.717, 1.165) is 37.1 Å². The van der Waals surface area contributed by atoms with E-state index < -0.39 is 0 Å². The molecular weight excluding hydrogens is 286 g/mol. The molecule has 0 amide bonds. The number of rotatable bonds is 7. The van der Waals surface area contributed by atoms with E-state index in [1.807, 2.05) is 0 Å². The summed E-state index contributed by atoms with van der Waals surface area (Å²) in [5.41, 5.74) is 5.93. The number of allylic oxidation sites excluding steroid dienone is 4. The van der Waals surface area contributed by atoms with Gasteiger partial charge in [0.15, 0.2) is 0 Å². The molecule has 2 rings (SSSR count). The Hall–Kier alpha value is -1.67. The fourth-order valence-electron chi connectivity index (χ4n) is 2.39. The molecule has 1 aliphatic carbocycles. The number of thioether (sulfide) groups is 1. The second-order valence-electron chi connectivity index (χ2n) is 5.49. The maximum atomic E-state index is 4.18. The summed E-state index contributed by atoms with van der Waals surface area (Å²) >= 11 is 1.79. The molecule has 0 fully saturated rings. The molecule has 0 radical (unpaired) electrons. The highest BCUT2D eigenvalue weighted by molar-refractivity contribution is 7.98. The van der Waals surface area contributed by atoms with Crippen LogP contribution in [0.3, 0.4) is 0 Å². The molecule has 0 unspecified atom stereocenters. The maximum absolute atomic E-state index is 4.18. The Morgan fingerprint density at radius 3 is 2.73 bits per heavy atom. The minimum atomic E-state index is 0.789. The third-order valence-electron chi connectivity index (χ3n) is 3.91. The van der Waals surface area contributed by atoms with Gasteiger partial charge in [0.1, 0.15) is 0 Å². The molecule has 0 atom stereocenters. The topological polar surface area (TPSA) is 12.0 Å². The van der Waals surface area contributed by atoms with E-state index >= 15 is 0 Å². The predicted octanol–water partition coefficient (Wildman–Crippen LogP) is 5.67. The van der Waals surface area contributed by atoms with Crippen LogP contribution in [0.15, 0.2) is 60.1 Å². The number of hydrogen-bond acceptors (Lipinski definition) is 2. The lowest BCUT2D eigenvalue weighted by atomic mass is 9.97. The van der Waals surface area contributed by atoms with Crippen LogP contribution in [0.4, 0.5) is 0 Å². The van der Waals surface area contributed by atoms with Gasteiger partial charge in [-0.25, -0.2) is 0 Å². The minimum Gasteiger partial charge on any atom is -0.381 e. The molecule has 0 aromatic heterocycles. The molecule has 0 aliphatic heterocycles. The zero-order valence-corrected chi connectivity index (χ0v) is 14.4. The molecule has 1 aromatic carbocycles. The van der Waals surface area contributed by atoms with Crippen molar-refractivity contribution in [1.82, 2.24) is 5.32 Å². The average molecular weight is 311 g/mol. The standard InChI is InChI=1S/C20H25NS/c1-5-15(2)14-21-16(3)18-11-12-20(22-4)19(13-18)17-9-7-6-8-10-17/h7,9-13,21H,2-3,5-6,8,14H2,1,4H3. The third-order valence-corrected chi connectivity index (χ3v) is 4.70. The van der Waals surface area contributed by atoms with Gasteiger partial charge < -0.3 is 5.32 Å². The molecule has 0 saturated heterocycles. The Morgan fingerprint density at radius 2 is 2.09 bits per heavy atom. The van der Waals surface area contributed by atoms with Gasteiger partial charge in [-0.15, -0.1) is 11.8 Å². The number of benzene rings is 1. The van der Waals surface area contributed by atoms with Gasteiger partial charge >= 0.3 is 0 Å². The summed E-state index contributed by atoms with van der Waals surface area (Å²) in [4.78, 5) is 1.31. The molecule has 1 N–H and O–H groups in total. The van der Waals surface area contributed by atoms with E-state index in [2.05, 4.69) is 68.1 Å². The normalized spacial score (nSPS) is 13.6. The molecule has 1 nitrogen and oxygen atoms in total. The van der Waals surface area contributed by atoms with Crippen molar-refractivity contribution in [3.8, 4) is 0 Å². The quantitative estimate of drug-likeness (QED) is 0.514. The van der Waals surface area contributed by atoms with Gasteiger partial charge in [-0.2, -0.15) is 0 Å². The largest absolute Gasteiger partial charge is 0.381 e. The molecule has 0 spiro atoms. The first-order valence-electron chi connectivity index (χ1n) is 7.80. The van der Waals surface area contributed by atoms with E-state index in [9.17, 15) is 0 Å². The summed E-state index contributed by atoms with van der Waals surface area (Å²) in [5, 5.41) is 3.38. The minimum absolute atomic E-state index is 0.789. The lowest BCUT2D eigenvalue weighted by molar-refractivity contribution is 0.909. The fraction of sp³-hybridized carbons (Fsp3) is 0.300. The highest BCUT2D eigenvalue weighted by atomic mass is 32.2. The van der Waals surface area contributed by atoms with Crippen LogP contribution in [0, 0.1) is 0 Å². The van der Waals surface area contributed by atoms with Crippen molar-refractivity contribution >= 4 is 23.0 Å². The van der Waals surface area contributed by atoms with Crippen LogP contribution in [0.25, 0.3) is 11.3 Å². The zero-order chi connectivity index (χ0) is 15.9. The summed E-state index contributed by atoms with van der Waals surface area (Å²) in [5.74, 6) is 0. The summed E-state index contributed by atoms with van der Waals surface area (Å²) in [7, 11) is 0. The van der Waals surface area contributed by atoms with E-state index in [-0.39, 0.29) is 0 Å². The molecule has 0 saturated carbocycles. The molecule has 116 valence electrons. The summed E-state index contributed by atoms with van der Waals surface area (Å²) < 4.78 is 0. The Balaban J connectivity index is 2.23. The van der Waals surface area contributed by atoms with Crippen LogP contribution in [-0.4, -0.2) is 12.8 Å². The van der Waals surface area contributed by atoms with Crippen molar-refractivity contribution in [2.45, 2.75) is 31.1 Å². The monoisotopic (exact) mass is 311 g/mol. The van der Waals surface area contributed by atoms with Gasteiger partial charge in [-0.1, -0.05) is 49.9 Å². The summed E-state index contributed by atoms with van der Waals surface area (Å²) in [6.45, 7) is 11.1. The SMILES string of the molecule is C=C(CC)CNC(=C)c1ccc(SC)c(C2=CCCC=C2)c1. The highest BCUT2D eigenvalue weighted by Crippen LogP contribution is 2.31. The molecule has 1 aromatic rings. The zero-order valence-electron chi connectivity index (χ0n) is 13.6. The maximum Gasteiger partial charge on any atom is 0.0357 e. The smallest absolute Gasteiger partial charge is 0.0357 e. The van der Waals surface area contributed by atoms with Crippen molar-refractivity contribution in [3.63, 3.8) is 0 Å². The van der Waals surface area contributed by atoms with Crippen molar-refractivity contribution < 1.29 is 0 Å². The lowest BCUT2D eigenvalue weighted by Gasteiger charge is -2.16. The van der Waals surface area contributed by atoms with Crippen LogP contribution in [0.1, 0.15) is 37.3 Å². The molecule has 0 heterocycles. The van der Waals surface area contributed by atoms with Crippen molar-refractivity contribution in [2.24, 2.45) is 0 Å². The van der Waals surface area contributed by atoms with Crippen molar-refractivity contribution in [2.75, 3.05) is 12.8 Å². The third kappa shape index (κ3) is 4.17. The van der Waals surface area contributed by atoms with Gasteiger partial charge in [0.05, 0.1) is 0 Å². The first-order chi connectivity index (χ1) is 10.7. The van der Waals surface area contributed by atoms with E-state index in [4.69, 9.17) is 0 Å². The van der Waals surface area contributed by atoms with E-state index in [0.29, 0.717) is 0 Å². The molecule has 0 bridgehead atoms. The average Bonchev–Trinajstić information content (AvgIpc) is 2.59. The van der Waals surface area contributed by atoms with Crippen molar-refractivity contribution in [3.05, 3.63) is 66.3 Å². The van der Waals surface area contributed by atoms with Gasteiger partial charge in [0.2, 0.25) is 0 Å². The molecular formula is C20H25NS. The van der Waals surface area contributed by atoms with Gasteiger partial charge in [0.25, 0.3) is 0 Å². The molecule has 2 heteroatoms. The number of nitrogens with one attached hydrogen (secondary N) is 1. The van der Waals surface area contributed by atoms with Gasteiger partial charge in [0, 0.05) is 17.1 Å². The predicted molar refractivity (Wildman–Crippen MR) is 101 cm³/mol. The Labute approximate surface area is 138 Å². The first-order valence-corrected chi connectivity index (χ1v) is 9.03. The van der Waals surface area contributed by atoms with Crippen LogP contribution >= 0.6 is 11.8 Å². The summed E-state index contributed by atoms with van der Waals surface area (Å²) in [6.07, 6.45) is 12.2. The summed E-state index contributed by atoms with van der Waals surface area (Å²) in [6, 6.07) is 6.59. The number of hydrogen-bond donors (Lipinski definition) is 1. The van der Waals surface area contributed by atoms with Crippen LogP contribution in [0.5, 0.6) is 0 Å². The van der Waals surface area contributed by atoms with E-state index in [1.54, 1.807) is 11.8 Å². The van der Waals surface area contributed by atoms with Crippen LogP contribution in [-0.2, 0) is 0 Å². The molecule has 1 aliphatic rings. The Kier molecular flexibility index (Phi) is 6.14. The fourth-order valence-corrected chi connectivity index (χ4v) is 2.99. The van der Waals surface area contributed by atoms with Gasteiger partial charge in [-0.05, 0) is 54.4 Å².